The van der Waals surface area contributed by atoms with Crippen LogP contribution < -0.4 is 5.32 Å². The fourth-order valence-corrected chi connectivity index (χ4v) is 1.38. The molecule has 0 saturated carbocycles. The van der Waals surface area contributed by atoms with Gasteiger partial charge in [0.25, 0.3) is 0 Å². The van der Waals surface area contributed by atoms with Crippen LogP contribution in [0.4, 0.5) is 8.78 Å². The Morgan fingerprint density at radius 1 is 1.22 bits per heavy atom. The zero-order valence-electron chi connectivity index (χ0n) is 10.9. The van der Waals surface area contributed by atoms with Crippen LogP contribution in [0.1, 0.15) is 5.56 Å². The van der Waals surface area contributed by atoms with Crippen LogP contribution in [0.15, 0.2) is 18.2 Å². The van der Waals surface area contributed by atoms with Crippen LogP contribution in [0.3, 0.4) is 0 Å². The number of hydrogen-bond acceptors (Lipinski definition) is 3. The summed E-state index contributed by atoms with van der Waals surface area (Å²) in [4.78, 5) is 2.04. The average molecular weight is 258 g/mol. The van der Waals surface area contributed by atoms with Crippen molar-refractivity contribution in [2.24, 2.45) is 0 Å². The molecule has 0 saturated heterocycles. The van der Waals surface area contributed by atoms with Gasteiger partial charge in [-0.2, -0.15) is 0 Å². The number of ether oxygens (including phenoxy) is 1. The molecule has 1 rings (SSSR count). The molecule has 0 radical (unpaired) electrons. The van der Waals surface area contributed by atoms with Gasteiger partial charge in [0.1, 0.15) is 11.6 Å². The Bertz CT molecular complexity index is 359. The summed E-state index contributed by atoms with van der Waals surface area (Å²) < 4.78 is 31.3. The largest absolute Gasteiger partial charge is 0.379 e. The molecule has 0 heterocycles. The SMILES string of the molecule is CN(C)CCOCCNCc1ccc(F)cc1F. The summed E-state index contributed by atoms with van der Waals surface area (Å²) in [6, 6.07) is 3.60. The molecule has 0 spiro atoms. The minimum Gasteiger partial charge on any atom is -0.379 e. The van der Waals surface area contributed by atoms with Crippen molar-refractivity contribution in [3.8, 4) is 0 Å². The van der Waals surface area contributed by atoms with Crippen LogP contribution in [-0.4, -0.2) is 45.3 Å². The molecule has 0 aliphatic heterocycles. The van der Waals surface area contributed by atoms with Gasteiger partial charge in [-0.3, -0.25) is 0 Å². The Morgan fingerprint density at radius 2 is 2.00 bits per heavy atom. The van der Waals surface area contributed by atoms with E-state index in [1.165, 1.54) is 12.1 Å². The Balaban J connectivity index is 2.11. The van der Waals surface area contributed by atoms with Gasteiger partial charge in [-0.25, -0.2) is 8.78 Å². The number of rotatable bonds is 8. The van der Waals surface area contributed by atoms with Crippen molar-refractivity contribution in [1.29, 1.82) is 0 Å². The van der Waals surface area contributed by atoms with E-state index in [9.17, 15) is 8.78 Å². The van der Waals surface area contributed by atoms with Gasteiger partial charge in [0.05, 0.1) is 13.2 Å². The maximum Gasteiger partial charge on any atom is 0.130 e. The lowest BCUT2D eigenvalue weighted by atomic mass is 10.2. The highest BCUT2D eigenvalue weighted by atomic mass is 19.1. The Hall–Kier alpha value is -1.04. The van der Waals surface area contributed by atoms with E-state index in [1.54, 1.807) is 0 Å². The molecule has 0 fully saturated rings. The number of benzene rings is 1. The van der Waals surface area contributed by atoms with Crippen molar-refractivity contribution in [1.82, 2.24) is 10.2 Å². The van der Waals surface area contributed by atoms with Gasteiger partial charge in [-0.15, -0.1) is 0 Å². The number of hydrogen-bond donors (Lipinski definition) is 1. The van der Waals surface area contributed by atoms with Gasteiger partial charge in [0.15, 0.2) is 0 Å². The molecule has 18 heavy (non-hydrogen) atoms. The van der Waals surface area contributed by atoms with E-state index in [0.717, 1.165) is 12.6 Å². The smallest absolute Gasteiger partial charge is 0.130 e. The maximum absolute atomic E-state index is 13.3. The fraction of sp³-hybridized carbons (Fsp3) is 0.538. The summed E-state index contributed by atoms with van der Waals surface area (Å²) >= 11 is 0. The van der Waals surface area contributed by atoms with Crippen molar-refractivity contribution in [3.05, 3.63) is 35.4 Å². The molecule has 0 atom stereocenters. The van der Waals surface area contributed by atoms with Gasteiger partial charge in [0.2, 0.25) is 0 Å². The molecule has 1 aromatic carbocycles. The van der Waals surface area contributed by atoms with Crippen LogP contribution in [0.2, 0.25) is 0 Å². The van der Waals surface area contributed by atoms with Gasteiger partial charge >= 0.3 is 0 Å². The maximum atomic E-state index is 13.3. The van der Waals surface area contributed by atoms with Gasteiger partial charge in [-0.1, -0.05) is 6.07 Å². The molecule has 5 heteroatoms. The third-order valence-electron chi connectivity index (χ3n) is 2.44. The first-order valence-electron chi connectivity index (χ1n) is 5.96. The van der Waals surface area contributed by atoms with Crippen LogP contribution in [-0.2, 0) is 11.3 Å². The molecule has 0 bridgehead atoms. The monoisotopic (exact) mass is 258 g/mol. The van der Waals surface area contributed by atoms with E-state index in [4.69, 9.17) is 4.74 Å². The molecular formula is C13H20F2N2O. The topological polar surface area (TPSA) is 24.5 Å². The van der Waals surface area contributed by atoms with E-state index in [2.05, 4.69) is 5.32 Å². The molecule has 0 aliphatic carbocycles. The summed E-state index contributed by atoms with van der Waals surface area (Å²) in [5, 5.41) is 3.05. The van der Waals surface area contributed by atoms with Crippen LogP contribution in [0.5, 0.6) is 0 Å². The fourth-order valence-electron chi connectivity index (χ4n) is 1.38. The second kappa shape index (κ2) is 8.13. The number of nitrogens with one attached hydrogen (secondary N) is 1. The van der Waals surface area contributed by atoms with E-state index in [1.807, 2.05) is 19.0 Å². The molecule has 0 aromatic heterocycles. The van der Waals surface area contributed by atoms with Crippen molar-refractivity contribution >= 4 is 0 Å². The Kier molecular flexibility index (Phi) is 6.78. The molecule has 3 nitrogen and oxygen atoms in total. The molecule has 0 amide bonds. The minimum atomic E-state index is -0.553. The highest BCUT2D eigenvalue weighted by molar-refractivity contribution is 5.18. The third kappa shape index (κ3) is 6.05. The zero-order valence-corrected chi connectivity index (χ0v) is 10.9. The van der Waals surface area contributed by atoms with Crippen molar-refractivity contribution in [2.45, 2.75) is 6.54 Å². The number of halogens is 2. The standard InChI is InChI=1S/C13H20F2N2O/c1-17(2)6-8-18-7-5-16-10-11-3-4-12(14)9-13(11)15/h3-4,9,16H,5-8,10H2,1-2H3. The second-order valence-corrected chi connectivity index (χ2v) is 4.33. The predicted molar refractivity (Wildman–Crippen MR) is 67.4 cm³/mol. The highest BCUT2D eigenvalue weighted by Gasteiger charge is 2.02. The molecule has 1 N–H and O–H groups in total. The molecular weight excluding hydrogens is 238 g/mol. The summed E-state index contributed by atoms with van der Waals surface area (Å²) in [5.74, 6) is -1.07. The third-order valence-corrected chi connectivity index (χ3v) is 2.44. The zero-order chi connectivity index (χ0) is 13.4. The van der Waals surface area contributed by atoms with Gasteiger partial charge in [0, 0.05) is 31.3 Å². The lowest BCUT2D eigenvalue weighted by Gasteiger charge is -2.10. The summed E-state index contributed by atoms with van der Waals surface area (Å²) in [6.07, 6.45) is 0. The van der Waals surface area contributed by atoms with Crippen molar-refractivity contribution in [3.63, 3.8) is 0 Å². The van der Waals surface area contributed by atoms with Crippen molar-refractivity contribution in [2.75, 3.05) is 40.4 Å². The summed E-state index contributed by atoms with van der Waals surface area (Å²) in [7, 11) is 3.97. The first-order chi connectivity index (χ1) is 8.59. The molecule has 0 aliphatic rings. The highest BCUT2D eigenvalue weighted by Crippen LogP contribution is 2.08. The second-order valence-electron chi connectivity index (χ2n) is 4.33. The molecule has 0 unspecified atom stereocenters. The molecule has 1 aromatic rings. The van der Waals surface area contributed by atoms with E-state index in [-0.39, 0.29) is 0 Å². The first kappa shape index (κ1) is 15.0. The minimum absolute atomic E-state index is 0.378. The quantitative estimate of drug-likeness (QED) is 0.717. The lowest BCUT2D eigenvalue weighted by Crippen LogP contribution is -2.23. The lowest BCUT2D eigenvalue weighted by molar-refractivity contribution is 0.119. The normalized spacial score (nSPS) is 11.2. The van der Waals surface area contributed by atoms with Crippen LogP contribution in [0.25, 0.3) is 0 Å². The predicted octanol–water partition coefficient (Wildman–Crippen LogP) is 1.63. The molecule has 102 valence electrons. The average Bonchev–Trinajstić information content (AvgIpc) is 2.30. The Labute approximate surface area is 107 Å². The van der Waals surface area contributed by atoms with E-state index < -0.39 is 11.6 Å². The van der Waals surface area contributed by atoms with Gasteiger partial charge in [-0.05, 0) is 20.2 Å². The first-order valence-corrected chi connectivity index (χ1v) is 5.96. The summed E-state index contributed by atoms with van der Waals surface area (Å²) in [6.45, 7) is 3.16. The summed E-state index contributed by atoms with van der Waals surface area (Å²) in [5.41, 5.74) is 0.463. The van der Waals surface area contributed by atoms with E-state index >= 15 is 0 Å². The van der Waals surface area contributed by atoms with Crippen LogP contribution >= 0.6 is 0 Å². The number of nitrogens with zero attached hydrogens (tertiary/aromatic N) is 1. The van der Waals surface area contributed by atoms with Crippen LogP contribution in [0, 0.1) is 11.6 Å². The number of likely N-dealkylation sites (N-methyl/N-ethyl adjacent to an activating group) is 1. The van der Waals surface area contributed by atoms with E-state index in [0.29, 0.717) is 31.9 Å². The van der Waals surface area contributed by atoms with Gasteiger partial charge < -0.3 is 15.0 Å². The Morgan fingerprint density at radius 3 is 2.67 bits per heavy atom. The van der Waals surface area contributed by atoms with Crippen molar-refractivity contribution < 1.29 is 13.5 Å².